The van der Waals surface area contributed by atoms with E-state index in [9.17, 15) is 17.6 Å². The molecule has 2 aromatic rings. The van der Waals surface area contributed by atoms with E-state index >= 15 is 0 Å². The van der Waals surface area contributed by atoms with Crippen molar-refractivity contribution >= 4 is 13.3 Å². The van der Waals surface area contributed by atoms with Crippen LogP contribution in [-0.2, 0) is 6.18 Å². The summed E-state index contributed by atoms with van der Waals surface area (Å²) in [6.07, 6.45) is -0.976. The van der Waals surface area contributed by atoms with Crippen molar-refractivity contribution in [2.45, 2.75) is 25.1 Å². The Kier molecular flexibility index (Phi) is 2.84. The van der Waals surface area contributed by atoms with Gasteiger partial charge in [-0.3, -0.25) is 4.98 Å². The van der Waals surface area contributed by atoms with Crippen LogP contribution < -0.4 is 5.46 Å². The van der Waals surface area contributed by atoms with Crippen LogP contribution in [0.2, 0.25) is 0 Å². The third kappa shape index (κ3) is 2.30. The molecule has 0 saturated heterocycles. The van der Waals surface area contributed by atoms with Gasteiger partial charge in [-0.05, 0) is 18.9 Å². The minimum Gasteiger partial charge on any atom is -0.326 e. The van der Waals surface area contributed by atoms with Gasteiger partial charge in [-0.1, -0.05) is 5.46 Å². The molecule has 0 atom stereocenters. The lowest BCUT2D eigenvalue weighted by Gasteiger charge is -2.06. The van der Waals surface area contributed by atoms with E-state index in [0.717, 1.165) is 25.1 Å². The lowest BCUT2D eigenvalue weighted by molar-refractivity contribution is -0.140. The van der Waals surface area contributed by atoms with E-state index in [0.29, 0.717) is 0 Å². The van der Waals surface area contributed by atoms with Crippen LogP contribution in [0.25, 0.3) is 11.5 Å². The number of imidazole rings is 1. The van der Waals surface area contributed by atoms with Gasteiger partial charge in [0.05, 0.1) is 0 Å². The van der Waals surface area contributed by atoms with E-state index in [4.69, 9.17) is 7.85 Å². The molecule has 3 rings (SSSR count). The minimum absolute atomic E-state index is 0.0765. The highest BCUT2D eigenvalue weighted by Crippen LogP contribution is 2.40. The Balaban J connectivity index is 2.14. The Morgan fingerprint density at radius 2 is 2.00 bits per heavy atom. The van der Waals surface area contributed by atoms with Crippen molar-refractivity contribution in [3.05, 3.63) is 30.0 Å². The van der Waals surface area contributed by atoms with Crippen LogP contribution in [0.15, 0.2) is 18.5 Å². The van der Waals surface area contributed by atoms with Crippen LogP contribution in [0.1, 0.15) is 24.6 Å². The third-order valence-electron chi connectivity index (χ3n) is 3.04. The lowest BCUT2D eigenvalue weighted by Crippen LogP contribution is -2.08. The third-order valence-corrected chi connectivity index (χ3v) is 3.04. The number of hydrogen-bond acceptors (Lipinski definition) is 2. The molecule has 1 saturated carbocycles. The fraction of sp³-hybridized carbons (Fsp3) is 0.333. The standard InChI is InChI=1S/C12H8BF4N3/c13-6-3-8(14)10(18-4-6)11-19-9(12(15,16)17)5-20(11)7-1-2-7/h3-5,7H,1-2H2. The zero-order chi connectivity index (χ0) is 14.5. The summed E-state index contributed by atoms with van der Waals surface area (Å²) >= 11 is 0. The molecule has 20 heavy (non-hydrogen) atoms. The van der Waals surface area contributed by atoms with Crippen molar-refractivity contribution in [2.75, 3.05) is 0 Å². The molecule has 8 heteroatoms. The van der Waals surface area contributed by atoms with Gasteiger partial charge in [0.2, 0.25) is 0 Å². The van der Waals surface area contributed by atoms with Crippen LogP contribution in [0.3, 0.4) is 0 Å². The lowest BCUT2D eigenvalue weighted by atomic mass is 9.98. The SMILES string of the molecule is [B]c1cnc(-c2nc(C(F)(F)F)cn2C2CC2)c(F)c1. The molecule has 1 aliphatic rings. The summed E-state index contributed by atoms with van der Waals surface area (Å²) in [5.41, 5.74) is -1.16. The second-order valence-corrected chi connectivity index (χ2v) is 4.69. The summed E-state index contributed by atoms with van der Waals surface area (Å²) in [6.45, 7) is 0. The molecular formula is C12H8BF4N3. The number of rotatable bonds is 2. The summed E-state index contributed by atoms with van der Waals surface area (Å²) in [7, 11) is 5.38. The van der Waals surface area contributed by atoms with Crippen molar-refractivity contribution in [1.29, 1.82) is 0 Å². The van der Waals surface area contributed by atoms with Crippen molar-refractivity contribution in [3.8, 4) is 11.5 Å². The Labute approximate surface area is 113 Å². The van der Waals surface area contributed by atoms with Crippen LogP contribution in [0.4, 0.5) is 17.6 Å². The molecule has 1 fully saturated rings. The number of nitrogens with zero attached hydrogens (tertiary/aromatic N) is 3. The smallest absolute Gasteiger partial charge is 0.326 e. The molecule has 0 unspecified atom stereocenters. The maximum Gasteiger partial charge on any atom is 0.434 e. The number of aromatic nitrogens is 3. The Bertz CT molecular complexity index is 661. The molecule has 0 amide bonds. The Morgan fingerprint density at radius 3 is 2.55 bits per heavy atom. The van der Waals surface area contributed by atoms with E-state index in [-0.39, 0.29) is 23.0 Å². The van der Waals surface area contributed by atoms with Gasteiger partial charge < -0.3 is 4.57 Å². The first-order chi connectivity index (χ1) is 9.36. The van der Waals surface area contributed by atoms with Gasteiger partial charge >= 0.3 is 6.18 Å². The fourth-order valence-electron chi connectivity index (χ4n) is 1.95. The molecule has 102 valence electrons. The summed E-state index contributed by atoms with van der Waals surface area (Å²) in [5, 5.41) is 0. The van der Waals surface area contributed by atoms with E-state index in [1.807, 2.05) is 0 Å². The number of pyridine rings is 1. The van der Waals surface area contributed by atoms with Crippen molar-refractivity contribution < 1.29 is 17.6 Å². The van der Waals surface area contributed by atoms with E-state index < -0.39 is 17.7 Å². The summed E-state index contributed by atoms with van der Waals surface area (Å²) in [4.78, 5) is 7.26. The van der Waals surface area contributed by atoms with Gasteiger partial charge in [0.15, 0.2) is 17.3 Å². The van der Waals surface area contributed by atoms with Crippen molar-refractivity contribution in [3.63, 3.8) is 0 Å². The van der Waals surface area contributed by atoms with Crippen LogP contribution in [0.5, 0.6) is 0 Å². The van der Waals surface area contributed by atoms with Crippen LogP contribution in [-0.4, -0.2) is 22.4 Å². The zero-order valence-electron chi connectivity index (χ0n) is 10.2. The predicted molar refractivity (Wildman–Crippen MR) is 64.1 cm³/mol. The first kappa shape index (κ1) is 13.1. The second-order valence-electron chi connectivity index (χ2n) is 4.69. The summed E-state index contributed by atoms with van der Waals surface area (Å²) in [5.74, 6) is -0.899. The fourth-order valence-corrected chi connectivity index (χ4v) is 1.95. The van der Waals surface area contributed by atoms with Crippen molar-refractivity contribution in [1.82, 2.24) is 14.5 Å². The van der Waals surface area contributed by atoms with Crippen LogP contribution in [0, 0.1) is 5.82 Å². The first-order valence-electron chi connectivity index (χ1n) is 5.93. The van der Waals surface area contributed by atoms with Crippen molar-refractivity contribution in [2.24, 2.45) is 0 Å². The van der Waals surface area contributed by atoms with Gasteiger partial charge in [-0.25, -0.2) is 9.37 Å². The van der Waals surface area contributed by atoms with Gasteiger partial charge in [0, 0.05) is 18.4 Å². The van der Waals surface area contributed by atoms with Gasteiger partial charge in [0.25, 0.3) is 0 Å². The zero-order valence-corrected chi connectivity index (χ0v) is 10.2. The molecule has 2 aromatic heterocycles. The maximum atomic E-state index is 13.8. The molecular weight excluding hydrogens is 273 g/mol. The summed E-state index contributed by atoms with van der Waals surface area (Å²) < 4.78 is 53.4. The first-order valence-corrected chi connectivity index (χ1v) is 5.93. The highest BCUT2D eigenvalue weighted by Gasteiger charge is 2.38. The van der Waals surface area contributed by atoms with E-state index in [1.54, 1.807) is 0 Å². The predicted octanol–water partition coefficient (Wildman–Crippen LogP) is 2.23. The summed E-state index contributed by atoms with van der Waals surface area (Å²) in [6, 6.07) is 0.939. The van der Waals surface area contributed by atoms with E-state index in [1.165, 1.54) is 10.8 Å². The Morgan fingerprint density at radius 1 is 1.30 bits per heavy atom. The Hall–Kier alpha value is -1.86. The second kappa shape index (κ2) is 4.32. The molecule has 0 N–H and O–H groups in total. The maximum absolute atomic E-state index is 13.8. The molecule has 0 bridgehead atoms. The largest absolute Gasteiger partial charge is 0.434 e. The van der Waals surface area contributed by atoms with Gasteiger partial charge in [-0.15, -0.1) is 0 Å². The van der Waals surface area contributed by atoms with E-state index in [2.05, 4.69) is 9.97 Å². The molecule has 0 spiro atoms. The molecule has 1 aliphatic carbocycles. The molecule has 2 radical (unpaired) electrons. The molecule has 2 heterocycles. The minimum atomic E-state index is -4.57. The monoisotopic (exact) mass is 281 g/mol. The average Bonchev–Trinajstić information content (AvgIpc) is 3.08. The quantitative estimate of drug-likeness (QED) is 0.624. The normalized spacial score (nSPS) is 15.6. The highest BCUT2D eigenvalue weighted by molar-refractivity contribution is 6.32. The average molecular weight is 281 g/mol. The van der Waals surface area contributed by atoms with Gasteiger partial charge in [-0.2, -0.15) is 13.2 Å². The topological polar surface area (TPSA) is 30.7 Å². The molecule has 3 nitrogen and oxygen atoms in total. The van der Waals surface area contributed by atoms with Gasteiger partial charge in [0.1, 0.15) is 13.5 Å². The van der Waals surface area contributed by atoms with Crippen LogP contribution >= 0.6 is 0 Å². The number of alkyl halides is 3. The number of hydrogen-bond donors (Lipinski definition) is 0. The molecule has 0 aromatic carbocycles. The number of halogens is 4. The highest BCUT2D eigenvalue weighted by atomic mass is 19.4. The molecule has 0 aliphatic heterocycles.